The molecule has 1 aliphatic rings. The van der Waals surface area contributed by atoms with E-state index in [9.17, 15) is 9.59 Å². The van der Waals surface area contributed by atoms with Gasteiger partial charge in [0, 0.05) is 42.3 Å². The smallest absolute Gasteiger partial charge is 0.256 e. The molecule has 6 nitrogen and oxygen atoms in total. The normalized spacial score (nSPS) is 13.3. The van der Waals surface area contributed by atoms with Crippen LogP contribution in [0.5, 0.6) is 0 Å². The molecule has 0 bridgehead atoms. The van der Waals surface area contributed by atoms with E-state index in [-0.39, 0.29) is 11.8 Å². The van der Waals surface area contributed by atoms with Gasteiger partial charge in [0.15, 0.2) is 0 Å². The molecule has 2 amide bonds. The summed E-state index contributed by atoms with van der Waals surface area (Å²) in [6.45, 7) is 3.42. The molecule has 0 saturated carbocycles. The van der Waals surface area contributed by atoms with Crippen LogP contribution in [0.2, 0.25) is 0 Å². The van der Waals surface area contributed by atoms with Gasteiger partial charge in [-0.25, -0.2) is 0 Å². The minimum atomic E-state index is -0.166. The Bertz CT molecular complexity index is 1330. The van der Waals surface area contributed by atoms with Crippen LogP contribution in [0, 0.1) is 6.92 Å². The zero-order valence-electron chi connectivity index (χ0n) is 19.1. The average Bonchev–Trinajstić information content (AvgIpc) is 3.51. The summed E-state index contributed by atoms with van der Waals surface area (Å²) in [5.41, 5.74) is 6.20. The highest BCUT2D eigenvalue weighted by molar-refractivity contribution is 6.09. The molecule has 0 aliphatic carbocycles. The number of amides is 2. The van der Waals surface area contributed by atoms with Crippen molar-refractivity contribution in [2.24, 2.45) is 0 Å². The summed E-state index contributed by atoms with van der Waals surface area (Å²) in [6, 6.07) is 23.4. The summed E-state index contributed by atoms with van der Waals surface area (Å²) in [4.78, 5) is 27.1. The average molecular weight is 451 g/mol. The predicted octanol–water partition coefficient (Wildman–Crippen LogP) is 5.29. The van der Waals surface area contributed by atoms with E-state index in [4.69, 9.17) is 0 Å². The van der Waals surface area contributed by atoms with Gasteiger partial charge < -0.3 is 10.2 Å². The molecule has 1 fully saturated rings. The molecule has 170 valence electrons. The summed E-state index contributed by atoms with van der Waals surface area (Å²) >= 11 is 0. The van der Waals surface area contributed by atoms with Crippen LogP contribution in [0.1, 0.15) is 34.3 Å². The van der Waals surface area contributed by atoms with Crippen LogP contribution in [-0.2, 0) is 11.3 Å². The number of rotatable bonds is 6. The maximum atomic E-state index is 13.2. The molecular weight excluding hydrogens is 424 g/mol. The number of anilines is 2. The first-order valence-corrected chi connectivity index (χ1v) is 11.5. The second kappa shape index (κ2) is 9.35. The van der Waals surface area contributed by atoms with Crippen molar-refractivity contribution in [2.45, 2.75) is 26.3 Å². The van der Waals surface area contributed by atoms with E-state index < -0.39 is 0 Å². The SMILES string of the molecule is Cc1cc(NC(=O)c2ccccc2-c2ccc(Cn3cccn3)cc2)ccc1N1CCCC1=O. The molecule has 4 aromatic rings. The molecule has 0 spiro atoms. The number of carbonyl (C=O) groups is 2. The lowest BCUT2D eigenvalue weighted by Gasteiger charge is -2.19. The van der Waals surface area contributed by atoms with Crippen LogP contribution in [-0.4, -0.2) is 28.1 Å². The van der Waals surface area contributed by atoms with Crippen molar-refractivity contribution in [3.05, 3.63) is 102 Å². The molecule has 34 heavy (non-hydrogen) atoms. The largest absolute Gasteiger partial charge is 0.322 e. The lowest BCUT2D eigenvalue weighted by atomic mass is 9.98. The standard InChI is InChI=1S/C28H26N4O2/c1-20-18-23(13-14-26(20)32-17-4-8-27(32)33)30-28(34)25-7-3-2-6-24(25)22-11-9-21(10-12-22)19-31-16-5-15-29-31/h2-3,5-7,9-16,18H,4,8,17,19H2,1H3,(H,30,34). The van der Waals surface area contributed by atoms with Crippen molar-refractivity contribution >= 4 is 23.2 Å². The van der Waals surface area contributed by atoms with Gasteiger partial charge in [0.1, 0.15) is 0 Å². The molecule has 0 unspecified atom stereocenters. The van der Waals surface area contributed by atoms with Gasteiger partial charge in [-0.2, -0.15) is 5.10 Å². The third-order valence-electron chi connectivity index (χ3n) is 6.16. The first-order chi connectivity index (χ1) is 16.6. The van der Waals surface area contributed by atoms with Gasteiger partial charge in [-0.3, -0.25) is 14.3 Å². The highest BCUT2D eigenvalue weighted by Gasteiger charge is 2.23. The molecule has 5 rings (SSSR count). The maximum absolute atomic E-state index is 13.2. The van der Waals surface area contributed by atoms with Gasteiger partial charge in [0.2, 0.25) is 5.91 Å². The number of aromatic nitrogens is 2. The molecule has 0 radical (unpaired) electrons. The van der Waals surface area contributed by atoms with Crippen LogP contribution in [0.3, 0.4) is 0 Å². The van der Waals surface area contributed by atoms with E-state index in [2.05, 4.69) is 22.5 Å². The zero-order chi connectivity index (χ0) is 23.5. The predicted molar refractivity (Wildman–Crippen MR) is 134 cm³/mol. The number of hydrogen-bond acceptors (Lipinski definition) is 3. The Morgan fingerprint density at radius 2 is 1.85 bits per heavy atom. The number of benzene rings is 3. The van der Waals surface area contributed by atoms with Gasteiger partial charge >= 0.3 is 0 Å². The molecule has 2 heterocycles. The van der Waals surface area contributed by atoms with Crippen LogP contribution < -0.4 is 10.2 Å². The number of carbonyl (C=O) groups excluding carboxylic acids is 2. The van der Waals surface area contributed by atoms with Crippen LogP contribution >= 0.6 is 0 Å². The van der Waals surface area contributed by atoms with Crippen molar-refractivity contribution < 1.29 is 9.59 Å². The van der Waals surface area contributed by atoms with E-state index >= 15 is 0 Å². The summed E-state index contributed by atoms with van der Waals surface area (Å²) < 4.78 is 1.88. The lowest BCUT2D eigenvalue weighted by molar-refractivity contribution is -0.117. The Labute approximate surface area is 198 Å². The van der Waals surface area contributed by atoms with E-state index in [1.54, 1.807) is 6.20 Å². The van der Waals surface area contributed by atoms with Crippen LogP contribution in [0.25, 0.3) is 11.1 Å². The summed E-state index contributed by atoms with van der Waals surface area (Å²) in [5.74, 6) is -0.00919. The fourth-order valence-corrected chi connectivity index (χ4v) is 4.44. The molecule has 1 N–H and O–H groups in total. The number of aryl methyl sites for hydroxylation is 1. The minimum Gasteiger partial charge on any atom is -0.322 e. The molecule has 1 saturated heterocycles. The Balaban J connectivity index is 1.34. The minimum absolute atomic E-state index is 0.157. The fraction of sp³-hybridized carbons (Fsp3) is 0.179. The number of hydrogen-bond donors (Lipinski definition) is 1. The highest BCUT2D eigenvalue weighted by Crippen LogP contribution is 2.29. The molecular formula is C28H26N4O2. The van der Waals surface area contributed by atoms with Crippen molar-refractivity contribution in [2.75, 3.05) is 16.8 Å². The maximum Gasteiger partial charge on any atom is 0.256 e. The Kier molecular flexibility index (Phi) is 5.95. The highest BCUT2D eigenvalue weighted by atomic mass is 16.2. The Morgan fingerprint density at radius 1 is 1.03 bits per heavy atom. The summed E-state index contributed by atoms with van der Waals surface area (Å²) in [5, 5.41) is 7.28. The first-order valence-electron chi connectivity index (χ1n) is 11.5. The fourth-order valence-electron chi connectivity index (χ4n) is 4.44. The van der Waals surface area contributed by atoms with Gasteiger partial charge in [0.05, 0.1) is 6.54 Å². The van der Waals surface area contributed by atoms with Crippen molar-refractivity contribution in [3.8, 4) is 11.1 Å². The van der Waals surface area contributed by atoms with E-state index in [1.807, 2.05) is 83.4 Å². The van der Waals surface area contributed by atoms with Gasteiger partial charge in [-0.05, 0) is 65.9 Å². The third kappa shape index (κ3) is 4.48. The molecule has 3 aromatic carbocycles. The zero-order valence-corrected chi connectivity index (χ0v) is 19.1. The van der Waals surface area contributed by atoms with Crippen molar-refractivity contribution in [1.82, 2.24) is 9.78 Å². The number of nitrogens with one attached hydrogen (secondary N) is 1. The van der Waals surface area contributed by atoms with Crippen LogP contribution in [0.15, 0.2) is 85.2 Å². The second-order valence-electron chi connectivity index (χ2n) is 8.55. The topological polar surface area (TPSA) is 67.2 Å². The second-order valence-corrected chi connectivity index (χ2v) is 8.55. The van der Waals surface area contributed by atoms with Crippen LogP contribution in [0.4, 0.5) is 11.4 Å². The summed E-state index contributed by atoms with van der Waals surface area (Å²) in [6.07, 6.45) is 5.19. The Morgan fingerprint density at radius 3 is 2.56 bits per heavy atom. The van der Waals surface area contributed by atoms with Gasteiger partial charge in [0.25, 0.3) is 5.91 Å². The van der Waals surface area contributed by atoms with Crippen molar-refractivity contribution in [1.29, 1.82) is 0 Å². The molecule has 0 atom stereocenters. The lowest BCUT2D eigenvalue weighted by Crippen LogP contribution is -2.24. The molecule has 6 heteroatoms. The number of nitrogens with zero attached hydrogens (tertiary/aromatic N) is 3. The summed E-state index contributed by atoms with van der Waals surface area (Å²) in [7, 11) is 0. The Hall–Kier alpha value is -4.19. The molecule has 1 aromatic heterocycles. The van der Waals surface area contributed by atoms with E-state index in [0.29, 0.717) is 24.2 Å². The monoisotopic (exact) mass is 450 g/mol. The van der Waals surface area contributed by atoms with Gasteiger partial charge in [-0.1, -0.05) is 42.5 Å². The van der Waals surface area contributed by atoms with E-state index in [1.165, 1.54) is 0 Å². The van der Waals surface area contributed by atoms with E-state index in [0.717, 1.165) is 40.9 Å². The first kappa shape index (κ1) is 21.6. The third-order valence-corrected chi connectivity index (χ3v) is 6.16. The van der Waals surface area contributed by atoms with Gasteiger partial charge in [-0.15, -0.1) is 0 Å². The van der Waals surface area contributed by atoms with Crippen molar-refractivity contribution in [3.63, 3.8) is 0 Å². The molecule has 1 aliphatic heterocycles. The quantitative estimate of drug-likeness (QED) is 0.434.